The third kappa shape index (κ3) is 4.62. The highest BCUT2D eigenvalue weighted by molar-refractivity contribution is 7.99. The maximum Gasteiger partial charge on any atom is 0.398 e. The van der Waals surface area contributed by atoms with Crippen LogP contribution in [0.4, 0.5) is 23.2 Å². The maximum atomic E-state index is 13.9. The topological polar surface area (TPSA) is 24.4 Å². The number of hydrogen-bond donors (Lipinski definition) is 1. The first-order chi connectivity index (χ1) is 9.80. The van der Waals surface area contributed by atoms with E-state index in [0.29, 0.717) is 34.0 Å². The molecule has 116 valence electrons. The molecule has 0 unspecified atom stereocenters. The molecule has 0 atom stereocenters. The molecule has 0 radical (unpaired) electrons. The SMILES string of the molecule is CN/C(=N\c1cc(SCC(F)(F)F)c(C)cc1F)C1CC1. The van der Waals surface area contributed by atoms with Crippen LogP contribution < -0.4 is 5.32 Å². The van der Waals surface area contributed by atoms with E-state index >= 15 is 0 Å². The van der Waals surface area contributed by atoms with Gasteiger partial charge in [0.05, 0.1) is 5.75 Å². The minimum atomic E-state index is -4.25. The third-order valence-corrected chi connectivity index (χ3v) is 4.32. The molecule has 1 saturated carbocycles. The molecular weight excluding hydrogens is 304 g/mol. The number of alkyl halides is 3. The number of nitrogens with one attached hydrogen (secondary N) is 1. The van der Waals surface area contributed by atoms with Crippen molar-refractivity contribution in [3.05, 3.63) is 23.5 Å². The van der Waals surface area contributed by atoms with Gasteiger partial charge < -0.3 is 5.32 Å². The molecule has 0 spiro atoms. The second kappa shape index (κ2) is 6.25. The van der Waals surface area contributed by atoms with Gasteiger partial charge in [-0.25, -0.2) is 9.38 Å². The van der Waals surface area contributed by atoms with Crippen molar-refractivity contribution >= 4 is 23.3 Å². The molecule has 1 aliphatic rings. The van der Waals surface area contributed by atoms with Crippen molar-refractivity contribution in [1.29, 1.82) is 0 Å². The zero-order valence-corrected chi connectivity index (χ0v) is 12.5. The molecule has 1 fully saturated rings. The number of rotatable bonds is 4. The number of nitrogens with zero attached hydrogens (tertiary/aromatic N) is 1. The second-order valence-electron chi connectivity index (χ2n) is 4.99. The Morgan fingerprint density at radius 2 is 2.05 bits per heavy atom. The molecule has 21 heavy (non-hydrogen) atoms. The zero-order valence-electron chi connectivity index (χ0n) is 11.7. The Labute approximate surface area is 125 Å². The van der Waals surface area contributed by atoms with E-state index in [-0.39, 0.29) is 5.69 Å². The second-order valence-corrected chi connectivity index (χ2v) is 6.01. The lowest BCUT2D eigenvalue weighted by atomic mass is 10.2. The third-order valence-electron chi connectivity index (χ3n) is 3.10. The highest BCUT2D eigenvalue weighted by Crippen LogP contribution is 2.35. The van der Waals surface area contributed by atoms with Crippen molar-refractivity contribution in [3.63, 3.8) is 0 Å². The van der Waals surface area contributed by atoms with Crippen molar-refractivity contribution in [2.75, 3.05) is 12.8 Å². The van der Waals surface area contributed by atoms with Crippen molar-refractivity contribution in [3.8, 4) is 0 Å². The summed E-state index contributed by atoms with van der Waals surface area (Å²) in [5.41, 5.74) is 0.569. The monoisotopic (exact) mass is 320 g/mol. The summed E-state index contributed by atoms with van der Waals surface area (Å²) in [5, 5.41) is 2.93. The number of halogens is 4. The number of aliphatic imine (C=N–C) groups is 1. The Morgan fingerprint density at radius 3 is 2.57 bits per heavy atom. The molecule has 2 nitrogen and oxygen atoms in total. The quantitative estimate of drug-likeness (QED) is 0.384. The largest absolute Gasteiger partial charge is 0.398 e. The summed E-state index contributed by atoms with van der Waals surface area (Å²) in [5.74, 6) is -0.520. The van der Waals surface area contributed by atoms with Crippen LogP contribution in [0.1, 0.15) is 18.4 Å². The van der Waals surface area contributed by atoms with Crippen LogP contribution in [0.3, 0.4) is 0 Å². The van der Waals surface area contributed by atoms with Gasteiger partial charge >= 0.3 is 6.18 Å². The summed E-state index contributed by atoms with van der Waals surface area (Å²) >= 11 is 0.654. The Kier molecular flexibility index (Phi) is 4.81. The van der Waals surface area contributed by atoms with Gasteiger partial charge in [-0.1, -0.05) is 0 Å². The Morgan fingerprint density at radius 1 is 1.38 bits per heavy atom. The van der Waals surface area contributed by atoms with Crippen LogP contribution in [0, 0.1) is 18.7 Å². The van der Waals surface area contributed by atoms with Gasteiger partial charge in [-0.05, 0) is 37.5 Å². The molecule has 2 rings (SSSR count). The Bertz CT molecular complexity index is 551. The fourth-order valence-electron chi connectivity index (χ4n) is 1.88. The smallest absolute Gasteiger partial charge is 0.376 e. The van der Waals surface area contributed by atoms with Crippen molar-refractivity contribution in [2.45, 2.75) is 30.8 Å². The lowest BCUT2D eigenvalue weighted by Gasteiger charge is -2.11. The van der Waals surface area contributed by atoms with E-state index < -0.39 is 17.7 Å². The lowest BCUT2D eigenvalue weighted by molar-refractivity contribution is -0.105. The maximum absolute atomic E-state index is 13.9. The number of hydrogen-bond acceptors (Lipinski definition) is 2. The van der Waals surface area contributed by atoms with E-state index in [1.165, 1.54) is 12.1 Å². The van der Waals surface area contributed by atoms with Crippen LogP contribution in [0.15, 0.2) is 22.0 Å². The van der Waals surface area contributed by atoms with Gasteiger partial charge in [0.15, 0.2) is 0 Å². The van der Waals surface area contributed by atoms with E-state index in [1.807, 2.05) is 0 Å². The molecule has 0 bridgehead atoms. The van der Waals surface area contributed by atoms with Gasteiger partial charge in [-0.2, -0.15) is 13.2 Å². The highest BCUT2D eigenvalue weighted by Gasteiger charge is 2.28. The molecule has 1 aromatic carbocycles. The van der Waals surface area contributed by atoms with E-state index in [2.05, 4.69) is 10.3 Å². The van der Waals surface area contributed by atoms with Gasteiger partial charge in [-0.3, -0.25) is 0 Å². The lowest BCUT2D eigenvalue weighted by Crippen LogP contribution is -2.19. The Balaban J connectivity index is 2.25. The van der Waals surface area contributed by atoms with Crippen LogP contribution in [0.5, 0.6) is 0 Å². The first-order valence-electron chi connectivity index (χ1n) is 6.56. The predicted octanol–water partition coefficient (Wildman–Crippen LogP) is 4.45. The van der Waals surface area contributed by atoms with Crippen LogP contribution in [0.2, 0.25) is 0 Å². The van der Waals surface area contributed by atoms with Crippen molar-refractivity contribution in [2.24, 2.45) is 10.9 Å². The number of thioether (sulfide) groups is 1. The molecule has 1 aromatic rings. The molecule has 0 heterocycles. The fraction of sp³-hybridized carbons (Fsp3) is 0.500. The van der Waals surface area contributed by atoms with E-state index in [1.54, 1.807) is 14.0 Å². The first-order valence-corrected chi connectivity index (χ1v) is 7.54. The van der Waals surface area contributed by atoms with Crippen LogP contribution in [0.25, 0.3) is 0 Å². The zero-order chi connectivity index (χ0) is 15.6. The van der Waals surface area contributed by atoms with Gasteiger partial charge in [0.25, 0.3) is 0 Å². The standard InChI is InChI=1S/C14H16F4N2S/c1-8-5-10(15)11(20-13(19-2)9-3-4-9)6-12(8)21-7-14(16,17)18/h5-6,9H,3-4,7H2,1-2H3,(H,19,20). The summed E-state index contributed by atoms with van der Waals surface area (Å²) in [4.78, 5) is 4.62. The minimum Gasteiger partial charge on any atom is -0.376 e. The van der Waals surface area contributed by atoms with Gasteiger partial charge in [0.1, 0.15) is 17.3 Å². The average Bonchev–Trinajstić information content (AvgIpc) is 3.20. The molecule has 0 amide bonds. The number of aryl methyl sites for hydroxylation is 1. The predicted molar refractivity (Wildman–Crippen MR) is 76.8 cm³/mol. The highest BCUT2D eigenvalue weighted by atomic mass is 32.2. The number of benzene rings is 1. The molecule has 0 aromatic heterocycles. The molecule has 7 heteroatoms. The van der Waals surface area contributed by atoms with Crippen molar-refractivity contribution < 1.29 is 17.6 Å². The molecule has 1 aliphatic carbocycles. The minimum absolute atomic E-state index is 0.0847. The molecule has 1 N–H and O–H groups in total. The number of amidine groups is 1. The average molecular weight is 320 g/mol. The summed E-state index contributed by atoms with van der Waals surface area (Å²) in [7, 11) is 1.71. The van der Waals surface area contributed by atoms with Gasteiger partial charge in [0.2, 0.25) is 0 Å². The summed E-state index contributed by atoms with van der Waals surface area (Å²) in [6, 6.07) is 2.62. The van der Waals surface area contributed by atoms with Crippen LogP contribution >= 0.6 is 11.8 Å². The van der Waals surface area contributed by atoms with Crippen LogP contribution in [-0.4, -0.2) is 24.8 Å². The summed E-state index contributed by atoms with van der Waals surface area (Å²) < 4.78 is 50.8. The van der Waals surface area contributed by atoms with Gasteiger partial charge in [0, 0.05) is 17.9 Å². The molecule has 0 aliphatic heterocycles. The van der Waals surface area contributed by atoms with Crippen molar-refractivity contribution in [1.82, 2.24) is 5.32 Å². The first kappa shape index (κ1) is 16.1. The van der Waals surface area contributed by atoms with Crippen LogP contribution in [-0.2, 0) is 0 Å². The van der Waals surface area contributed by atoms with Gasteiger partial charge in [-0.15, -0.1) is 11.8 Å². The normalized spacial score (nSPS) is 16.2. The summed E-state index contributed by atoms with van der Waals surface area (Å²) in [6.45, 7) is 1.59. The molecular formula is C14H16F4N2S. The fourth-order valence-corrected chi connectivity index (χ4v) is 2.68. The van der Waals surface area contributed by atoms with E-state index in [4.69, 9.17) is 0 Å². The Hall–Kier alpha value is -1.24. The van der Waals surface area contributed by atoms with E-state index in [0.717, 1.165) is 12.8 Å². The van der Waals surface area contributed by atoms with E-state index in [9.17, 15) is 17.6 Å². The summed E-state index contributed by atoms with van der Waals surface area (Å²) in [6.07, 6.45) is -2.25. The molecule has 0 saturated heterocycles.